The standard InChI is InChI=1S/C22H20Cl2N2O4S/c1-13-10-21(17(24)11-16(13)23)31(28,29)26-19-9-14(2)18(12-20(19)30-3)25-22(27)15-7-5-4-6-8-15/h4-12,26H,1-3H3,(H,25,27). The van der Waals surface area contributed by atoms with Crippen molar-refractivity contribution in [3.8, 4) is 5.75 Å². The highest BCUT2D eigenvalue weighted by molar-refractivity contribution is 7.92. The molecule has 31 heavy (non-hydrogen) atoms. The van der Waals surface area contributed by atoms with Crippen molar-refractivity contribution < 1.29 is 17.9 Å². The van der Waals surface area contributed by atoms with Crippen molar-refractivity contribution in [2.75, 3.05) is 17.1 Å². The van der Waals surface area contributed by atoms with E-state index in [2.05, 4.69) is 10.0 Å². The minimum Gasteiger partial charge on any atom is -0.494 e. The lowest BCUT2D eigenvalue weighted by molar-refractivity contribution is 0.102. The number of amides is 1. The summed E-state index contributed by atoms with van der Waals surface area (Å²) in [4.78, 5) is 12.4. The van der Waals surface area contributed by atoms with Gasteiger partial charge in [-0.2, -0.15) is 0 Å². The summed E-state index contributed by atoms with van der Waals surface area (Å²) in [6.45, 7) is 3.43. The molecule has 3 aromatic carbocycles. The fourth-order valence-electron chi connectivity index (χ4n) is 2.89. The van der Waals surface area contributed by atoms with Crippen LogP contribution in [0.5, 0.6) is 5.75 Å². The molecule has 0 unspecified atom stereocenters. The number of rotatable bonds is 6. The molecule has 3 rings (SSSR count). The van der Waals surface area contributed by atoms with Crippen molar-refractivity contribution in [3.05, 3.63) is 81.3 Å². The van der Waals surface area contributed by atoms with Crippen molar-refractivity contribution in [1.29, 1.82) is 0 Å². The predicted molar refractivity (Wildman–Crippen MR) is 124 cm³/mol. The van der Waals surface area contributed by atoms with Crippen LogP contribution in [0.1, 0.15) is 21.5 Å². The highest BCUT2D eigenvalue weighted by Crippen LogP contribution is 2.35. The molecule has 9 heteroatoms. The van der Waals surface area contributed by atoms with E-state index in [1.165, 1.54) is 19.2 Å². The van der Waals surface area contributed by atoms with Crippen molar-refractivity contribution in [2.24, 2.45) is 0 Å². The van der Waals surface area contributed by atoms with Gasteiger partial charge in [-0.3, -0.25) is 9.52 Å². The number of ether oxygens (including phenoxy) is 1. The Bertz CT molecular complexity index is 1250. The zero-order valence-electron chi connectivity index (χ0n) is 17.0. The molecule has 3 aromatic rings. The predicted octanol–water partition coefficient (Wildman–Crippen LogP) is 5.67. The van der Waals surface area contributed by atoms with Crippen LogP contribution in [0.15, 0.2) is 59.5 Å². The number of hydrogen-bond donors (Lipinski definition) is 2. The zero-order chi connectivity index (χ0) is 22.8. The number of carbonyl (C=O) groups is 1. The van der Waals surface area contributed by atoms with Gasteiger partial charge < -0.3 is 10.1 Å². The van der Waals surface area contributed by atoms with Gasteiger partial charge in [0.1, 0.15) is 10.6 Å². The third kappa shape index (κ3) is 5.12. The summed E-state index contributed by atoms with van der Waals surface area (Å²) in [6, 6.07) is 14.7. The van der Waals surface area contributed by atoms with Crippen molar-refractivity contribution in [1.82, 2.24) is 0 Å². The summed E-state index contributed by atoms with van der Waals surface area (Å²) < 4.78 is 33.8. The van der Waals surface area contributed by atoms with Crippen LogP contribution in [-0.2, 0) is 10.0 Å². The molecular formula is C22H20Cl2N2O4S. The minimum absolute atomic E-state index is 0.00512. The van der Waals surface area contributed by atoms with Gasteiger partial charge in [-0.05, 0) is 55.3 Å². The van der Waals surface area contributed by atoms with Gasteiger partial charge >= 0.3 is 0 Å². The van der Waals surface area contributed by atoms with Crippen LogP contribution in [0.2, 0.25) is 10.0 Å². The van der Waals surface area contributed by atoms with E-state index in [4.69, 9.17) is 27.9 Å². The average Bonchev–Trinajstić information content (AvgIpc) is 2.72. The number of benzene rings is 3. The zero-order valence-corrected chi connectivity index (χ0v) is 19.3. The molecule has 0 aliphatic rings. The summed E-state index contributed by atoms with van der Waals surface area (Å²) in [5, 5.41) is 3.19. The van der Waals surface area contributed by atoms with E-state index in [0.29, 0.717) is 27.4 Å². The van der Waals surface area contributed by atoms with Gasteiger partial charge in [-0.25, -0.2) is 8.42 Å². The third-order valence-corrected chi connectivity index (χ3v) is 6.82. The average molecular weight is 479 g/mol. The van der Waals surface area contributed by atoms with Gasteiger partial charge in [0, 0.05) is 22.3 Å². The summed E-state index contributed by atoms with van der Waals surface area (Å²) in [6.07, 6.45) is 0. The molecule has 0 radical (unpaired) electrons. The number of anilines is 2. The Labute approximate surface area is 191 Å². The highest BCUT2D eigenvalue weighted by atomic mass is 35.5. The first-order valence-electron chi connectivity index (χ1n) is 9.16. The quantitative estimate of drug-likeness (QED) is 0.477. The van der Waals surface area contributed by atoms with Crippen LogP contribution in [-0.4, -0.2) is 21.4 Å². The van der Waals surface area contributed by atoms with E-state index >= 15 is 0 Å². The van der Waals surface area contributed by atoms with E-state index in [9.17, 15) is 13.2 Å². The van der Waals surface area contributed by atoms with Gasteiger partial charge in [0.25, 0.3) is 15.9 Å². The number of aryl methyl sites for hydroxylation is 2. The molecular weight excluding hydrogens is 459 g/mol. The second-order valence-electron chi connectivity index (χ2n) is 6.82. The van der Waals surface area contributed by atoms with Crippen molar-refractivity contribution in [3.63, 3.8) is 0 Å². The molecule has 0 fully saturated rings. The van der Waals surface area contributed by atoms with Gasteiger partial charge in [0.05, 0.1) is 17.8 Å². The van der Waals surface area contributed by atoms with Crippen LogP contribution < -0.4 is 14.8 Å². The second-order valence-corrected chi connectivity index (χ2v) is 9.29. The number of nitrogens with one attached hydrogen (secondary N) is 2. The van der Waals surface area contributed by atoms with Gasteiger partial charge in [-0.15, -0.1) is 0 Å². The van der Waals surface area contributed by atoms with Crippen molar-refractivity contribution >= 4 is 50.5 Å². The molecule has 6 nitrogen and oxygen atoms in total. The number of halogens is 2. The van der Waals surface area contributed by atoms with Crippen LogP contribution >= 0.6 is 23.2 Å². The first-order chi connectivity index (χ1) is 14.6. The Hall–Kier alpha value is -2.74. The largest absolute Gasteiger partial charge is 0.494 e. The SMILES string of the molecule is COc1cc(NC(=O)c2ccccc2)c(C)cc1NS(=O)(=O)c1cc(C)c(Cl)cc1Cl. The topological polar surface area (TPSA) is 84.5 Å². The van der Waals surface area contributed by atoms with E-state index < -0.39 is 10.0 Å². The molecule has 1 amide bonds. The number of hydrogen-bond acceptors (Lipinski definition) is 4. The lowest BCUT2D eigenvalue weighted by atomic mass is 10.1. The fourth-order valence-corrected chi connectivity index (χ4v) is 4.79. The summed E-state index contributed by atoms with van der Waals surface area (Å²) in [7, 11) is -2.61. The molecule has 0 aromatic heterocycles. The first-order valence-corrected chi connectivity index (χ1v) is 11.4. The Balaban J connectivity index is 1.93. The van der Waals surface area contributed by atoms with Crippen LogP contribution in [0, 0.1) is 13.8 Å². The Morgan fingerprint density at radius 2 is 1.58 bits per heavy atom. The smallest absolute Gasteiger partial charge is 0.263 e. The molecule has 0 saturated heterocycles. The molecule has 0 saturated carbocycles. The van der Waals surface area contributed by atoms with Crippen LogP contribution in [0.4, 0.5) is 11.4 Å². The maximum Gasteiger partial charge on any atom is 0.263 e. The summed E-state index contributed by atoms with van der Waals surface area (Å²) in [5.74, 6) is -0.0538. The van der Waals surface area contributed by atoms with Gasteiger partial charge in [-0.1, -0.05) is 41.4 Å². The first kappa shape index (κ1) is 22.9. The maximum atomic E-state index is 12.9. The number of sulfonamides is 1. The second kappa shape index (κ2) is 9.18. The van der Waals surface area contributed by atoms with E-state index in [1.807, 2.05) is 6.07 Å². The lowest BCUT2D eigenvalue weighted by Gasteiger charge is -2.17. The number of methoxy groups -OCH3 is 1. The molecule has 162 valence electrons. The number of carbonyl (C=O) groups excluding carboxylic acids is 1. The van der Waals surface area contributed by atoms with E-state index in [-0.39, 0.29) is 27.3 Å². The molecule has 0 spiro atoms. The van der Waals surface area contributed by atoms with Gasteiger partial charge in [0.2, 0.25) is 0 Å². The monoisotopic (exact) mass is 478 g/mol. The molecule has 0 bridgehead atoms. The Morgan fingerprint density at radius 3 is 2.23 bits per heavy atom. The molecule has 0 aliphatic heterocycles. The Morgan fingerprint density at radius 1 is 0.903 bits per heavy atom. The lowest BCUT2D eigenvalue weighted by Crippen LogP contribution is -2.16. The van der Waals surface area contributed by atoms with Crippen LogP contribution in [0.3, 0.4) is 0 Å². The van der Waals surface area contributed by atoms with Crippen LogP contribution in [0.25, 0.3) is 0 Å². The van der Waals surface area contributed by atoms with Gasteiger partial charge in [0.15, 0.2) is 0 Å². The molecule has 2 N–H and O–H groups in total. The fraction of sp³-hybridized carbons (Fsp3) is 0.136. The van der Waals surface area contributed by atoms with Crippen molar-refractivity contribution in [2.45, 2.75) is 18.7 Å². The van der Waals surface area contributed by atoms with E-state index in [1.54, 1.807) is 50.2 Å². The normalized spacial score (nSPS) is 11.1. The molecule has 0 heterocycles. The highest BCUT2D eigenvalue weighted by Gasteiger charge is 2.22. The summed E-state index contributed by atoms with van der Waals surface area (Å²) in [5.41, 5.74) is 2.42. The summed E-state index contributed by atoms with van der Waals surface area (Å²) >= 11 is 12.1. The van der Waals surface area contributed by atoms with E-state index in [0.717, 1.165) is 0 Å². The molecule has 0 atom stereocenters. The maximum absolute atomic E-state index is 12.9. The Kier molecular flexibility index (Phi) is 6.79. The molecule has 0 aliphatic carbocycles. The third-order valence-electron chi connectivity index (χ3n) is 4.58. The minimum atomic E-state index is -4.02.